The first-order valence-corrected chi connectivity index (χ1v) is 7.17. The molecule has 1 rings (SSSR count). The Hall–Kier alpha value is -1.06. The zero-order valence-electron chi connectivity index (χ0n) is 11.4. The predicted octanol–water partition coefficient (Wildman–Crippen LogP) is 2.42. The van der Waals surface area contributed by atoms with Gasteiger partial charge in [-0.2, -0.15) is 0 Å². The van der Waals surface area contributed by atoms with Gasteiger partial charge in [-0.3, -0.25) is 9.59 Å². The molecule has 0 aliphatic carbocycles. The number of nitrogens with one attached hydrogen (secondary N) is 1. The Balaban J connectivity index is 1.86. The smallest absolute Gasteiger partial charge is 0.305 e. The molecule has 1 heterocycles. The quantitative estimate of drug-likeness (QED) is 0.370. The number of rotatable bonds is 10. The van der Waals surface area contributed by atoms with Gasteiger partial charge in [0, 0.05) is 13.0 Å². The van der Waals surface area contributed by atoms with E-state index in [2.05, 4.69) is 12.2 Å². The summed E-state index contributed by atoms with van der Waals surface area (Å²) in [4.78, 5) is 22.4. The van der Waals surface area contributed by atoms with E-state index in [0.717, 1.165) is 32.2 Å². The molecule has 0 bridgehead atoms. The Morgan fingerprint density at radius 1 is 1.28 bits per heavy atom. The maximum absolute atomic E-state index is 11.4. The maximum atomic E-state index is 11.4. The lowest BCUT2D eigenvalue weighted by molar-refractivity contribution is -0.144. The second kappa shape index (κ2) is 8.95. The van der Waals surface area contributed by atoms with Crippen molar-refractivity contribution in [3.63, 3.8) is 0 Å². The number of unbranched alkanes of at least 4 members (excludes halogenated alkanes) is 4. The van der Waals surface area contributed by atoms with Gasteiger partial charge in [0.15, 0.2) is 0 Å². The first kappa shape index (κ1) is 15.0. The van der Waals surface area contributed by atoms with E-state index in [4.69, 9.17) is 4.74 Å². The van der Waals surface area contributed by atoms with Crippen LogP contribution < -0.4 is 5.32 Å². The molecule has 1 aliphatic rings. The Bertz CT molecular complexity index is 266. The lowest BCUT2D eigenvalue weighted by Gasteiger charge is -2.25. The van der Waals surface area contributed by atoms with Crippen molar-refractivity contribution in [3.8, 4) is 0 Å². The molecule has 0 aromatic heterocycles. The molecule has 1 fully saturated rings. The van der Waals surface area contributed by atoms with Crippen LogP contribution in [-0.2, 0) is 14.3 Å². The summed E-state index contributed by atoms with van der Waals surface area (Å²) in [5, 5.41) is 2.70. The number of ether oxygens (including phenoxy) is 1. The summed E-state index contributed by atoms with van der Waals surface area (Å²) < 4.78 is 5.14. The van der Waals surface area contributed by atoms with Crippen LogP contribution in [-0.4, -0.2) is 25.0 Å². The topological polar surface area (TPSA) is 55.4 Å². The van der Waals surface area contributed by atoms with Gasteiger partial charge in [0.1, 0.15) is 0 Å². The highest BCUT2D eigenvalue weighted by atomic mass is 16.5. The van der Waals surface area contributed by atoms with Crippen LogP contribution in [0, 0.1) is 5.92 Å². The van der Waals surface area contributed by atoms with Crippen LogP contribution in [0.1, 0.15) is 58.3 Å². The minimum absolute atomic E-state index is 0.120. The average molecular weight is 255 g/mol. The molecule has 0 spiro atoms. The summed E-state index contributed by atoms with van der Waals surface area (Å²) in [7, 11) is 0. The van der Waals surface area contributed by atoms with Gasteiger partial charge in [0.25, 0.3) is 0 Å². The van der Waals surface area contributed by atoms with Gasteiger partial charge in [0.2, 0.25) is 5.91 Å². The molecule has 1 saturated heterocycles. The number of hydrogen-bond donors (Lipinski definition) is 1. The van der Waals surface area contributed by atoms with E-state index in [1.807, 2.05) is 0 Å². The highest BCUT2D eigenvalue weighted by Crippen LogP contribution is 2.14. The molecule has 0 radical (unpaired) electrons. The summed E-state index contributed by atoms with van der Waals surface area (Å²) >= 11 is 0. The number of carbonyl (C=O) groups excluding carboxylic acids is 2. The Kier molecular flexibility index (Phi) is 7.46. The van der Waals surface area contributed by atoms with Crippen molar-refractivity contribution in [3.05, 3.63) is 0 Å². The van der Waals surface area contributed by atoms with E-state index >= 15 is 0 Å². The SMILES string of the molecule is CCCCCCCOC(=O)CCC[C@@H]1CNC1=O. The van der Waals surface area contributed by atoms with Crippen molar-refractivity contribution in [2.24, 2.45) is 5.92 Å². The first-order chi connectivity index (χ1) is 8.74. The monoisotopic (exact) mass is 255 g/mol. The summed E-state index contributed by atoms with van der Waals surface area (Å²) in [6.07, 6.45) is 7.83. The average Bonchev–Trinajstić information content (AvgIpc) is 2.37. The summed E-state index contributed by atoms with van der Waals surface area (Å²) in [5.41, 5.74) is 0. The van der Waals surface area contributed by atoms with Gasteiger partial charge >= 0.3 is 5.97 Å². The molecular weight excluding hydrogens is 230 g/mol. The minimum atomic E-state index is -0.120. The maximum Gasteiger partial charge on any atom is 0.305 e. The second-order valence-corrected chi connectivity index (χ2v) is 4.97. The normalized spacial score (nSPS) is 18.1. The number of hydrogen-bond acceptors (Lipinski definition) is 3. The third-order valence-corrected chi connectivity index (χ3v) is 3.34. The molecule has 0 aromatic rings. The van der Waals surface area contributed by atoms with Crippen LogP contribution in [0.5, 0.6) is 0 Å². The lowest BCUT2D eigenvalue weighted by Crippen LogP contribution is -2.48. The molecule has 18 heavy (non-hydrogen) atoms. The fourth-order valence-electron chi connectivity index (χ4n) is 2.02. The number of amides is 1. The molecule has 1 N–H and O–H groups in total. The van der Waals surface area contributed by atoms with Crippen molar-refractivity contribution in [1.29, 1.82) is 0 Å². The summed E-state index contributed by atoms with van der Waals surface area (Å²) in [6, 6.07) is 0. The first-order valence-electron chi connectivity index (χ1n) is 7.17. The van der Waals surface area contributed by atoms with E-state index in [1.54, 1.807) is 0 Å². The second-order valence-electron chi connectivity index (χ2n) is 4.97. The van der Waals surface area contributed by atoms with Gasteiger partial charge in [-0.05, 0) is 19.3 Å². The summed E-state index contributed by atoms with van der Waals surface area (Å²) in [6.45, 7) is 3.50. The van der Waals surface area contributed by atoms with Crippen LogP contribution in [0.4, 0.5) is 0 Å². The van der Waals surface area contributed by atoms with E-state index in [-0.39, 0.29) is 17.8 Å². The molecule has 4 heteroatoms. The number of β-lactam (4-membered cyclic amide) rings is 1. The third kappa shape index (κ3) is 6.03. The minimum Gasteiger partial charge on any atom is -0.466 e. The molecule has 0 aromatic carbocycles. The van der Waals surface area contributed by atoms with Gasteiger partial charge in [-0.25, -0.2) is 0 Å². The van der Waals surface area contributed by atoms with Gasteiger partial charge in [-0.1, -0.05) is 32.6 Å². The molecule has 1 atom stereocenters. The Morgan fingerprint density at radius 2 is 2.06 bits per heavy atom. The van der Waals surface area contributed by atoms with Crippen molar-refractivity contribution in [2.75, 3.05) is 13.2 Å². The Labute approximate surface area is 109 Å². The molecule has 4 nitrogen and oxygen atoms in total. The highest BCUT2D eigenvalue weighted by molar-refractivity contribution is 5.84. The largest absolute Gasteiger partial charge is 0.466 e. The molecular formula is C14H25NO3. The zero-order valence-corrected chi connectivity index (χ0v) is 11.4. The van der Waals surface area contributed by atoms with E-state index in [9.17, 15) is 9.59 Å². The Morgan fingerprint density at radius 3 is 2.67 bits per heavy atom. The van der Waals surface area contributed by atoms with E-state index < -0.39 is 0 Å². The lowest BCUT2D eigenvalue weighted by atomic mass is 9.95. The number of esters is 1. The zero-order chi connectivity index (χ0) is 13.2. The molecule has 1 aliphatic heterocycles. The molecule has 104 valence electrons. The summed E-state index contributed by atoms with van der Waals surface area (Å²) in [5.74, 6) is 0.136. The van der Waals surface area contributed by atoms with E-state index in [0.29, 0.717) is 13.0 Å². The standard InChI is InChI=1S/C14H25NO3/c1-2-3-4-5-6-10-18-13(16)9-7-8-12-11-15-14(12)17/h12H,2-11H2,1H3,(H,15,17)/t12-/m1/s1. The fourth-order valence-corrected chi connectivity index (χ4v) is 2.02. The van der Waals surface area contributed by atoms with E-state index in [1.165, 1.54) is 19.3 Å². The van der Waals surface area contributed by atoms with Crippen molar-refractivity contribution in [1.82, 2.24) is 5.32 Å². The third-order valence-electron chi connectivity index (χ3n) is 3.34. The fraction of sp³-hybridized carbons (Fsp3) is 0.857. The number of carbonyl (C=O) groups is 2. The van der Waals surface area contributed by atoms with Crippen LogP contribution in [0.25, 0.3) is 0 Å². The predicted molar refractivity (Wildman–Crippen MR) is 70.1 cm³/mol. The van der Waals surface area contributed by atoms with Gasteiger partial charge in [0.05, 0.1) is 12.5 Å². The van der Waals surface area contributed by atoms with Crippen LogP contribution >= 0.6 is 0 Å². The molecule has 0 saturated carbocycles. The molecule has 1 amide bonds. The van der Waals surface area contributed by atoms with Crippen molar-refractivity contribution < 1.29 is 14.3 Å². The highest BCUT2D eigenvalue weighted by Gasteiger charge is 2.26. The van der Waals surface area contributed by atoms with Gasteiger partial charge < -0.3 is 10.1 Å². The van der Waals surface area contributed by atoms with Crippen LogP contribution in [0.2, 0.25) is 0 Å². The van der Waals surface area contributed by atoms with Crippen molar-refractivity contribution >= 4 is 11.9 Å². The van der Waals surface area contributed by atoms with Gasteiger partial charge in [-0.15, -0.1) is 0 Å². The van der Waals surface area contributed by atoms with Crippen LogP contribution in [0.15, 0.2) is 0 Å². The molecule has 0 unspecified atom stereocenters. The van der Waals surface area contributed by atoms with Crippen LogP contribution in [0.3, 0.4) is 0 Å². The van der Waals surface area contributed by atoms with Crippen molar-refractivity contribution in [2.45, 2.75) is 58.3 Å².